The molecule has 1 amide bonds. The number of aliphatic hydroxyl groups excluding tert-OH is 1. The van der Waals surface area contributed by atoms with Gasteiger partial charge in [0.05, 0.1) is 35.5 Å². The molecule has 1 saturated heterocycles. The Morgan fingerprint density at radius 3 is 2.35 bits per heavy atom. The molecular weight excluding hydrogens is 488 g/mol. The van der Waals surface area contributed by atoms with E-state index in [1.165, 1.54) is 16.2 Å². The van der Waals surface area contributed by atoms with Gasteiger partial charge in [0.15, 0.2) is 5.13 Å². The minimum atomic E-state index is -0.857. The third-order valence-electron chi connectivity index (χ3n) is 6.37. The van der Waals surface area contributed by atoms with Crippen LogP contribution in [-0.2, 0) is 16.0 Å². The molecule has 0 aliphatic carbocycles. The minimum Gasteiger partial charge on any atom is -0.507 e. The third-order valence-corrected chi connectivity index (χ3v) is 7.39. The monoisotopic (exact) mass is 514 g/mol. The van der Waals surface area contributed by atoms with Crippen molar-refractivity contribution in [1.29, 1.82) is 0 Å². The van der Waals surface area contributed by atoms with Crippen LogP contribution in [0.4, 0.5) is 5.13 Å². The van der Waals surface area contributed by atoms with E-state index < -0.39 is 17.7 Å². The first-order valence-electron chi connectivity index (χ1n) is 12.0. The van der Waals surface area contributed by atoms with E-state index in [2.05, 4.69) is 13.0 Å². The van der Waals surface area contributed by atoms with Gasteiger partial charge in [0.25, 0.3) is 5.78 Å². The van der Waals surface area contributed by atoms with Crippen molar-refractivity contribution >= 4 is 44.1 Å². The highest BCUT2D eigenvalue weighted by Gasteiger charge is 2.48. The number of aliphatic hydroxyl groups is 1. The van der Waals surface area contributed by atoms with Crippen LogP contribution in [0.2, 0.25) is 0 Å². The van der Waals surface area contributed by atoms with E-state index >= 15 is 0 Å². The Labute approximate surface area is 218 Å². The zero-order chi connectivity index (χ0) is 26.1. The van der Waals surface area contributed by atoms with Gasteiger partial charge in [-0.05, 0) is 73.0 Å². The molecule has 0 unspecified atom stereocenters. The van der Waals surface area contributed by atoms with Crippen molar-refractivity contribution in [1.82, 2.24) is 4.98 Å². The number of aryl methyl sites for hydroxylation is 1. The van der Waals surface area contributed by atoms with Gasteiger partial charge in [-0.15, -0.1) is 0 Å². The maximum atomic E-state index is 13.5. The van der Waals surface area contributed by atoms with Gasteiger partial charge >= 0.3 is 5.91 Å². The molecule has 188 valence electrons. The van der Waals surface area contributed by atoms with Gasteiger partial charge in [0.1, 0.15) is 17.3 Å². The smallest absolute Gasteiger partial charge is 0.301 e. The average molecular weight is 515 g/mol. The van der Waals surface area contributed by atoms with Crippen LogP contribution in [-0.4, -0.2) is 35.5 Å². The van der Waals surface area contributed by atoms with E-state index in [1.807, 2.05) is 19.1 Å². The molecule has 7 nitrogen and oxygen atoms in total. The number of hydrogen-bond donors (Lipinski definition) is 1. The van der Waals surface area contributed by atoms with Gasteiger partial charge in [0.2, 0.25) is 0 Å². The molecule has 4 aromatic rings. The highest BCUT2D eigenvalue weighted by atomic mass is 32.1. The largest absolute Gasteiger partial charge is 0.507 e. The number of carbonyl (C=O) groups excluding carboxylic acids is 2. The number of thiazole rings is 1. The normalized spacial score (nSPS) is 16.9. The number of Topliss-reactive ketones (excluding diaryl/α,β-unsaturated/α-hetero) is 1. The van der Waals surface area contributed by atoms with Crippen molar-refractivity contribution in [3.8, 4) is 11.5 Å². The number of ketones is 1. The van der Waals surface area contributed by atoms with Crippen molar-refractivity contribution in [3.63, 3.8) is 0 Å². The summed E-state index contributed by atoms with van der Waals surface area (Å²) in [7, 11) is 1.55. The van der Waals surface area contributed by atoms with Gasteiger partial charge in [-0.2, -0.15) is 0 Å². The zero-order valence-electron chi connectivity index (χ0n) is 20.7. The second-order valence-electron chi connectivity index (χ2n) is 8.55. The van der Waals surface area contributed by atoms with E-state index in [9.17, 15) is 14.7 Å². The molecule has 2 heterocycles. The van der Waals surface area contributed by atoms with Gasteiger partial charge < -0.3 is 14.6 Å². The summed E-state index contributed by atoms with van der Waals surface area (Å²) in [6.07, 6.45) is 0.877. The minimum absolute atomic E-state index is 0.00725. The van der Waals surface area contributed by atoms with E-state index in [-0.39, 0.29) is 11.3 Å². The highest BCUT2D eigenvalue weighted by molar-refractivity contribution is 7.22. The number of ether oxygens (including phenoxy) is 2. The molecule has 0 spiro atoms. The summed E-state index contributed by atoms with van der Waals surface area (Å²) < 4.78 is 11.7. The molecular formula is C29H26N2O5S. The zero-order valence-corrected chi connectivity index (χ0v) is 21.5. The number of nitrogens with zero attached hydrogens (tertiary/aromatic N) is 2. The van der Waals surface area contributed by atoms with Crippen molar-refractivity contribution in [2.75, 3.05) is 18.6 Å². The third kappa shape index (κ3) is 4.44. The Balaban J connectivity index is 1.67. The van der Waals surface area contributed by atoms with Crippen molar-refractivity contribution in [2.24, 2.45) is 0 Å². The fraction of sp³-hybridized carbons (Fsp3) is 0.207. The molecule has 1 N–H and O–H groups in total. The summed E-state index contributed by atoms with van der Waals surface area (Å²) in [4.78, 5) is 33.0. The summed E-state index contributed by atoms with van der Waals surface area (Å²) in [6.45, 7) is 4.49. The van der Waals surface area contributed by atoms with Crippen LogP contribution in [0.5, 0.6) is 11.5 Å². The SMILES string of the molecule is CCOc1ccc([C@H]2C(=C(O)c3ccc(OC)cc3)C(=O)C(=O)N2c2nc3ccc(CC)cc3s2)cc1. The summed E-state index contributed by atoms with van der Waals surface area (Å²) in [5, 5.41) is 11.7. The molecule has 0 saturated carbocycles. The van der Waals surface area contributed by atoms with E-state index in [4.69, 9.17) is 14.5 Å². The van der Waals surface area contributed by atoms with Crippen molar-refractivity contribution in [2.45, 2.75) is 26.3 Å². The molecule has 8 heteroatoms. The summed E-state index contributed by atoms with van der Waals surface area (Å²) in [5.41, 5.74) is 2.98. The summed E-state index contributed by atoms with van der Waals surface area (Å²) in [5.74, 6) is -0.465. The molecule has 1 aromatic heterocycles. The molecule has 1 atom stereocenters. The first-order chi connectivity index (χ1) is 17.9. The highest BCUT2D eigenvalue weighted by Crippen LogP contribution is 2.44. The average Bonchev–Trinajstić information content (AvgIpc) is 3.46. The van der Waals surface area contributed by atoms with Gasteiger partial charge in [0, 0.05) is 5.56 Å². The lowest BCUT2D eigenvalue weighted by Gasteiger charge is -2.23. The van der Waals surface area contributed by atoms with E-state index in [1.54, 1.807) is 55.6 Å². The second kappa shape index (κ2) is 10.1. The summed E-state index contributed by atoms with van der Waals surface area (Å²) >= 11 is 1.35. The maximum Gasteiger partial charge on any atom is 0.301 e. The Bertz CT molecular complexity index is 1510. The van der Waals surface area contributed by atoms with E-state index in [0.717, 1.165) is 22.2 Å². The Morgan fingerprint density at radius 2 is 1.70 bits per heavy atom. The fourth-order valence-electron chi connectivity index (χ4n) is 4.44. The van der Waals surface area contributed by atoms with Gasteiger partial charge in [-0.25, -0.2) is 4.98 Å². The predicted molar refractivity (Wildman–Crippen MR) is 144 cm³/mol. The van der Waals surface area contributed by atoms with Crippen LogP contribution in [0.25, 0.3) is 16.0 Å². The molecule has 1 aliphatic heterocycles. The Hall–Kier alpha value is -4.17. The number of methoxy groups -OCH3 is 1. The lowest BCUT2D eigenvalue weighted by molar-refractivity contribution is -0.132. The summed E-state index contributed by atoms with van der Waals surface area (Å²) in [6, 6.07) is 19.0. The lowest BCUT2D eigenvalue weighted by Crippen LogP contribution is -2.29. The van der Waals surface area contributed by atoms with Crippen LogP contribution >= 0.6 is 11.3 Å². The molecule has 0 bridgehead atoms. The number of hydrogen-bond acceptors (Lipinski definition) is 7. The molecule has 1 fully saturated rings. The van der Waals surface area contributed by atoms with Crippen molar-refractivity contribution < 1.29 is 24.2 Å². The lowest BCUT2D eigenvalue weighted by atomic mass is 9.95. The first kappa shape index (κ1) is 24.5. The number of anilines is 1. The van der Waals surface area contributed by atoms with E-state index in [0.29, 0.717) is 34.4 Å². The van der Waals surface area contributed by atoms with Gasteiger partial charge in [-0.1, -0.05) is 36.5 Å². The predicted octanol–water partition coefficient (Wildman–Crippen LogP) is 5.89. The quantitative estimate of drug-likeness (QED) is 0.188. The number of aromatic nitrogens is 1. The molecule has 5 rings (SSSR count). The number of carbonyl (C=O) groups is 2. The second-order valence-corrected chi connectivity index (χ2v) is 9.56. The molecule has 0 radical (unpaired) electrons. The van der Waals surface area contributed by atoms with Gasteiger partial charge in [-0.3, -0.25) is 14.5 Å². The van der Waals surface area contributed by atoms with Crippen LogP contribution in [0.1, 0.15) is 36.6 Å². The molecule has 3 aromatic carbocycles. The van der Waals surface area contributed by atoms with Crippen LogP contribution in [0.15, 0.2) is 72.3 Å². The Morgan fingerprint density at radius 1 is 1.00 bits per heavy atom. The van der Waals surface area contributed by atoms with Crippen molar-refractivity contribution in [3.05, 3.63) is 89.0 Å². The molecule has 1 aliphatic rings. The number of benzene rings is 3. The van der Waals surface area contributed by atoms with Crippen LogP contribution in [0, 0.1) is 0 Å². The first-order valence-corrected chi connectivity index (χ1v) is 12.8. The molecule has 37 heavy (non-hydrogen) atoms. The number of amides is 1. The standard InChI is InChI=1S/C29H26N2O5S/c1-4-17-6-15-22-23(16-17)37-29(30-22)31-25(18-7-13-21(14-8-18)36-5-2)24(27(33)28(31)34)26(32)19-9-11-20(35-3)12-10-19/h6-16,25,32H,4-5H2,1-3H3/t25-/m0/s1. The topological polar surface area (TPSA) is 89.0 Å². The van der Waals surface area contributed by atoms with Crippen LogP contribution in [0.3, 0.4) is 0 Å². The van der Waals surface area contributed by atoms with Crippen LogP contribution < -0.4 is 14.4 Å². The number of fused-ring (bicyclic) bond motifs is 1. The Kier molecular flexibility index (Phi) is 6.67. The maximum absolute atomic E-state index is 13.5. The fourth-order valence-corrected chi connectivity index (χ4v) is 5.50. The number of rotatable bonds is 7.